The first-order chi connectivity index (χ1) is 7.99. The van der Waals surface area contributed by atoms with Crippen molar-refractivity contribution in [3.8, 4) is 0 Å². The Hall–Kier alpha value is -1.26. The van der Waals surface area contributed by atoms with Crippen LogP contribution in [0.5, 0.6) is 0 Å². The van der Waals surface area contributed by atoms with Crippen molar-refractivity contribution in [1.29, 1.82) is 0 Å². The molecule has 1 atom stereocenters. The van der Waals surface area contributed by atoms with Crippen LogP contribution in [0.3, 0.4) is 0 Å². The normalized spacial score (nSPS) is 23.6. The average molecular weight is 236 g/mol. The summed E-state index contributed by atoms with van der Waals surface area (Å²) in [6.45, 7) is 4.39. The SMILES string of the molecule is Cn1nnc(CC(=O)C2CCCCC2(C)C)n1. The number of hydrogen-bond donors (Lipinski definition) is 0. The zero-order valence-electron chi connectivity index (χ0n) is 10.8. The Morgan fingerprint density at radius 3 is 2.82 bits per heavy atom. The van der Waals surface area contributed by atoms with Crippen molar-refractivity contribution < 1.29 is 4.79 Å². The van der Waals surface area contributed by atoms with E-state index < -0.39 is 0 Å². The molecule has 94 valence electrons. The molecule has 0 aliphatic heterocycles. The van der Waals surface area contributed by atoms with Gasteiger partial charge in [0.25, 0.3) is 0 Å². The standard InChI is InChI=1S/C12H20N4O/c1-12(2)7-5-4-6-9(12)10(17)8-11-13-15-16(3)14-11/h9H,4-8H2,1-3H3. The molecule has 0 N–H and O–H groups in total. The number of aromatic nitrogens is 4. The van der Waals surface area contributed by atoms with Gasteiger partial charge in [-0.3, -0.25) is 4.79 Å². The minimum Gasteiger partial charge on any atom is -0.299 e. The van der Waals surface area contributed by atoms with Gasteiger partial charge in [0, 0.05) is 5.92 Å². The third-order valence-electron chi connectivity index (χ3n) is 3.78. The quantitative estimate of drug-likeness (QED) is 0.798. The molecule has 1 unspecified atom stereocenters. The fourth-order valence-electron chi connectivity index (χ4n) is 2.76. The Balaban J connectivity index is 2.04. The topological polar surface area (TPSA) is 60.7 Å². The highest BCUT2D eigenvalue weighted by molar-refractivity contribution is 5.83. The molecule has 5 heteroatoms. The van der Waals surface area contributed by atoms with Crippen LogP contribution in [0.1, 0.15) is 45.4 Å². The largest absolute Gasteiger partial charge is 0.299 e. The smallest absolute Gasteiger partial charge is 0.182 e. The van der Waals surface area contributed by atoms with Crippen LogP contribution in [0.25, 0.3) is 0 Å². The van der Waals surface area contributed by atoms with Gasteiger partial charge in [0.15, 0.2) is 5.82 Å². The Morgan fingerprint density at radius 1 is 1.47 bits per heavy atom. The fraction of sp³-hybridized carbons (Fsp3) is 0.833. The number of carbonyl (C=O) groups is 1. The van der Waals surface area contributed by atoms with Crippen LogP contribution in [0.15, 0.2) is 0 Å². The predicted octanol–water partition coefficient (Wildman–Crippen LogP) is 1.54. The molecule has 0 spiro atoms. The zero-order valence-corrected chi connectivity index (χ0v) is 10.8. The molecule has 0 radical (unpaired) electrons. The molecule has 5 nitrogen and oxygen atoms in total. The maximum atomic E-state index is 12.3. The van der Waals surface area contributed by atoms with E-state index in [2.05, 4.69) is 29.3 Å². The van der Waals surface area contributed by atoms with Gasteiger partial charge < -0.3 is 0 Å². The third-order valence-corrected chi connectivity index (χ3v) is 3.78. The first kappa shape index (κ1) is 12.2. The first-order valence-corrected chi connectivity index (χ1v) is 6.24. The number of tetrazole rings is 1. The molecule has 1 fully saturated rings. The monoisotopic (exact) mass is 236 g/mol. The second-order valence-corrected chi connectivity index (χ2v) is 5.63. The van der Waals surface area contributed by atoms with Crippen LogP contribution in [-0.4, -0.2) is 26.0 Å². The molecule has 2 rings (SSSR count). The van der Waals surface area contributed by atoms with Crippen LogP contribution in [-0.2, 0) is 18.3 Å². The van der Waals surface area contributed by atoms with Crippen LogP contribution < -0.4 is 0 Å². The molecule has 1 aliphatic rings. The summed E-state index contributed by atoms with van der Waals surface area (Å²) in [5, 5.41) is 11.7. The average Bonchev–Trinajstić information content (AvgIpc) is 2.63. The minimum atomic E-state index is 0.123. The van der Waals surface area contributed by atoms with E-state index in [1.54, 1.807) is 7.05 Å². The van der Waals surface area contributed by atoms with Gasteiger partial charge in [-0.25, -0.2) is 0 Å². The molecular weight excluding hydrogens is 216 g/mol. The van der Waals surface area contributed by atoms with Gasteiger partial charge in [0.1, 0.15) is 5.78 Å². The highest BCUT2D eigenvalue weighted by atomic mass is 16.1. The number of ketones is 1. The summed E-state index contributed by atoms with van der Waals surface area (Å²) in [6.07, 6.45) is 4.86. The van der Waals surface area contributed by atoms with E-state index in [-0.39, 0.29) is 17.1 Å². The van der Waals surface area contributed by atoms with E-state index in [4.69, 9.17) is 0 Å². The lowest BCUT2D eigenvalue weighted by molar-refractivity contribution is -0.127. The minimum absolute atomic E-state index is 0.123. The second kappa shape index (κ2) is 4.55. The van der Waals surface area contributed by atoms with Crippen molar-refractivity contribution in [2.75, 3.05) is 0 Å². The molecule has 1 aromatic heterocycles. The van der Waals surface area contributed by atoms with Crippen molar-refractivity contribution in [3.05, 3.63) is 5.82 Å². The Labute approximate surface area is 102 Å². The van der Waals surface area contributed by atoms with Crippen LogP contribution in [0.2, 0.25) is 0 Å². The van der Waals surface area contributed by atoms with E-state index in [1.165, 1.54) is 11.2 Å². The molecule has 1 saturated carbocycles. The molecule has 1 aliphatic carbocycles. The summed E-state index contributed by atoms with van der Waals surface area (Å²) >= 11 is 0. The van der Waals surface area contributed by atoms with Gasteiger partial charge in [-0.2, -0.15) is 4.80 Å². The lowest BCUT2D eigenvalue weighted by Crippen LogP contribution is -2.35. The van der Waals surface area contributed by atoms with Crippen LogP contribution in [0, 0.1) is 11.3 Å². The van der Waals surface area contributed by atoms with E-state index in [1.807, 2.05) is 0 Å². The molecule has 1 heterocycles. The first-order valence-electron chi connectivity index (χ1n) is 6.24. The lowest BCUT2D eigenvalue weighted by Gasteiger charge is -2.37. The van der Waals surface area contributed by atoms with Crippen LogP contribution >= 0.6 is 0 Å². The highest BCUT2D eigenvalue weighted by Crippen LogP contribution is 2.41. The predicted molar refractivity (Wildman–Crippen MR) is 63.2 cm³/mol. The molecule has 0 bridgehead atoms. The fourth-order valence-corrected chi connectivity index (χ4v) is 2.76. The Bertz CT molecular complexity index is 410. The van der Waals surface area contributed by atoms with Crippen molar-refractivity contribution in [2.24, 2.45) is 18.4 Å². The summed E-state index contributed by atoms with van der Waals surface area (Å²) in [6, 6.07) is 0. The van der Waals surface area contributed by atoms with E-state index >= 15 is 0 Å². The summed E-state index contributed by atoms with van der Waals surface area (Å²) < 4.78 is 0. The molecule has 1 aromatic rings. The highest BCUT2D eigenvalue weighted by Gasteiger charge is 2.37. The number of rotatable bonds is 3. The second-order valence-electron chi connectivity index (χ2n) is 5.63. The van der Waals surface area contributed by atoms with Gasteiger partial charge in [0.2, 0.25) is 0 Å². The van der Waals surface area contributed by atoms with E-state index in [0.29, 0.717) is 12.2 Å². The zero-order chi connectivity index (χ0) is 12.5. The summed E-state index contributed by atoms with van der Waals surface area (Å²) in [4.78, 5) is 13.7. The summed E-state index contributed by atoms with van der Waals surface area (Å²) in [7, 11) is 1.71. The van der Waals surface area contributed by atoms with Crippen molar-refractivity contribution >= 4 is 5.78 Å². The third kappa shape index (κ3) is 2.70. The summed E-state index contributed by atoms with van der Waals surface area (Å²) in [5.74, 6) is 0.960. The number of aryl methyl sites for hydroxylation is 1. The maximum absolute atomic E-state index is 12.3. The summed E-state index contributed by atoms with van der Waals surface area (Å²) in [5.41, 5.74) is 0.123. The van der Waals surface area contributed by atoms with Crippen molar-refractivity contribution in [3.63, 3.8) is 0 Å². The lowest BCUT2D eigenvalue weighted by atomic mass is 9.67. The molecular formula is C12H20N4O. The van der Waals surface area contributed by atoms with Gasteiger partial charge in [-0.15, -0.1) is 10.2 Å². The van der Waals surface area contributed by atoms with Crippen molar-refractivity contribution in [1.82, 2.24) is 20.2 Å². The number of Topliss-reactive ketones (excluding diaryl/α,β-unsaturated/α-hetero) is 1. The Kier molecular flexibility index (Phi) is 3.26. The van der Waals surface area contributed by atoms with Gasteiger partial charge >= 0.3 is 0 Å². The van der Waals surface area contributed by atoms with Gasteiger partial charge in [0.05, 0.1) is 13.5 Å². The molecule has 0 aromatic carbocycles. The maximum Gasteiger partial charge on any atom is 0.182 e. The Morgan fingerprint density at radius 2 is 2.24 bits per heavy atom. The van der Waals surface area contributed by atoms with Gasteiger partial charge in [-0.1, -0.05) is 26.7 Å². The van der Waals surface area contributed by atoms with Crippen LogP contribution in [0.4, 0.5) is 0 Å². The van der Waals surface area contributed by atoms with E-state index in [0.717, 1.165) is 19.3 Å². The number of hydrogen-bond acceptors (Lipinski definition) is 4. The molecule has 0 saturated heterocycles. The number of carbonyl (C=O) groups excluding carboxylic acids is 1. The van der Waals surface area contributed by atoms with Crippen molar-refractivity contribution in [2.45, 2.75) is 46.0 Å². The number of nitrogens with zero attached hydrogens (tertiary/aromatic N) is 4. The van der Waals surface area contributed by atoms with Gasteiger partial charge in [-0.05, 0) is 23.5 Å². The molecule has 0 amide bonds. The van der Waals surface area contributed by atoms with E-state index in [9.17, 15) is 4.79 Å². The molecule has 17 heavy (non-hydrogen) atoms.